The van der Waals surface area contributed by atoms with E-state index in [1.807, 2.05) is 11.0 Å². The zero-order valence-corrected chi connectivity index (χ0v) is 17.1. The van der Waals surface area contributed by atoms with Crippen molar-refractivity contribution in [3.05, 3.63) is 67.0 Å². The number of carbonyl (C=O) groups is 1. The van der Waals surface area contributed by atoms with Crippen LogP contribution in [0.1, 0.15) is 24.8 Å². The van der Waals surface area contributed by atoms with Crippen molar-refractivity contribution in [1.82, 2.24) is 15.2 Å². The average molecular weight is 415 g/mol. The van der Waals surface area contributed by atoms with Gasteiger partial charge in [0.15, 0.2) is 9.84 Å². The summed E-state index contributed by atoms with van der Waals surface area (Å²) in [6.07, 6.45) is 7.97. The van der Waals surface area contributed by atoms with Crippen LogP contribution in [0.3, 0.4) is 0 Å². The van der Waals surface area contributed by atoms with Crippen molar-refractivity contribution >= 4 is 21.6 Å². The van der Waals surface area contributed by atoms with Gasteiger partial charge in [-0.3, -0.25) is 9.88 Å². The molecule has 2 heterocycles. The largest absolute Gasteiger partial charge is 0.334 e. The highest BCUT2D eigenvalue weighted by Gasteiger charge is 2.31. The molecule has 0 bridgehead atoms. The first-order valence-corrected chi connectivity index (χ1v) is 11.2. The smallest absolute Gasteiger partial charge is 0.319 e. The highest BCUT2D eigenvalue weighted by atomic mass is 32.2. The number of aromatic nitrogens is 1. The van der Waals surface area contributed by atoms with Crippen LogP contribution in [0.4, 0.5) is 10.5 Å². The van der Waals surface area contributed by atoms with Crippen LogP contribution < -0.4 is 10.6 Å². The van der Waals surface area contributed by atoms with Crippen molar-refractivity contribution in [1.29, 1.82) is 0 Å². The predicted molar refractivity (Wildman–Crippen MR) is 113 cm³/mol. The molecule has 3 rings (SSSR count). The van der Waals surface area contributed by atoms with Crippen LogP contribution in [0.15, 0.2) is 66.3 Å². The molecule has 1 unspecified atom stereocenters. The van der Waals surface area contributed by atoms with E-state index in [-0.39, 0.29) is 10.9 Å². The summed E-state index contributed by atoms with van der Waals surface area (Å²) in [6.45, 7) is 5.60. The molecule has 1 aliphatic heterocycles. The minimum absolute atomic E-state index is 0.217. The number of piperidine rings is 1. The Bertz CT molecular complexity index is 924. The van der Waals surface area contributed by atoms with E-state index < -0.39 is 15.2 Å². The fraction of sp³-hybridized carbons (Fsp3) is 0.333. The Labute approximate surface area is 171 Å². The van der Waals surface area contributed by atoms with E-state index in [1.54, 1.807) is 30.6 Å². The second-order valence-corrected chi connectivity index (χ2v) is 9.01. The number of hydrogen-bond donors (Lipinski definition) is 2. The summed E-state index contributed by atoms with van der Waals surface area (Å²) < 4.78 is 26.1. The molecule has 0 spiro atoms. The molecule has 1 saturated heterocycles. The monoisotopic (exact) mass is 414 g/mol. The van der Waals surface area contributed by atoms with Gasteiger partial charge in [0.1, 0.15) is 5.37 Å². The molecule has 2 amide bonds. The number of carbonyl (C=O) groups excluding carboxylic acids is 1. The van der Waals surface area contributed by atoms with E-state index in [1.165, 1.54) is 18.2 Å². The van der Waals surface area contributed by atoms with Gasteiger partial charge >= 0.3 is 6.03 Å². The SMILES string of the molecule is C=CC(N1CCCCC1)S(=O)(=O)c1ccc(NC(=O)NCc2cccnc2)cc1. The number of nitrogens with one attached hydrogen (secondary N) is 2. The molecule has 2 N–H and O–H groups in total. The van der Waals surface area contributed by atoms with Crippen LogP contribution in [-0.4, -0.2) is 42.8 Å². The lowest BCUT2D eigenvalue weighted by atomic mass is 10.1. The van der Waals surface area contributed by atoms with Crippen molar-refractivity contribution in [2.75, 3.05) is 18.4 Å². The topological polar surface area (TPSA) is 91.4 Å². The van der Waals surface area contributed by atoms with Crippen LogP contribution in [0, 0.1) is 0 Å². The summed E-state index contributed by atoms with van der Waals surface area (Å²) in [5, 5.41) is 4.70. The Hall–Kier alpha value is -2.71. The molecule has 7 nitrogen and oxygen atoms in total. The second-order valence-electron chi connectivity index (χ2n) is 6.96. The molecule has 0 aliphatic carbocycles. The molecule has 154 valence electrons. The van der Waals surface area contributed by atoms with Gasteiger partial charge in [0.2, 0.25) is 0 Å². The first-order chi connectivity index (χ1) is 14.0. The second kappa shape index (κ2) is 9.67. The van der Waals surface area contributed by atoms with Crippen LogP contribution in [0.25, 0.3) is 0 Å². The number of anilines is 1. The van der Waals surface area contributed by atoms with Crippen molar-refractivity contribution in [2.45, 2.75) is 36.1 Å². The normalized spacial score (nSPS) is 16.0. The predicted octanol–water partition coefficient (Wildman–Crippen LogP) is 3.18. The minimum atomic E-state index is -3.57. The molecule has 8 heteroatoms. The maximum Gasteiger partial charge on any atom is 0.319 e. The Morgan fingerprint density at radius 3 is 2.52 bits per heavy atom. The van der Waals surface area contributed by atoms with Gasteiger partial charge in [-0.25, -0.2) is 13.2 Å². The first kappa shape index (κ1) is 21.0. The first-order valence-electron chi connectivity index (χ1n) is 9.65. The number of urea groups is 1. The van der Waals surface area contributed by atoms with E-state index in [9.17, 15) is 13.2 Å². The van der Waals surface area contributed by atoms with Crippen molar-refractivity contribution in [3.63, 3.8) is 0 Å². The highest BCUT2D eigenvalue weighted by Crippen LogP contribution is 2.24. The summed E-state index contributed by atoms with van der Waals surface area (Å²) in [5.41, 5.74) is 1.40. The van der Waals surface area contributed by atoms with E-state index in [2.05, 4.69) is 22.2 Å². The van der Waals surface area contributed by atoms with E-state index >= 15 is 0 Å². The third-order valence-corrected chi connectivity index (χ3v) is 6.94. The van der Waals surface area contributed by atoms with Crippen LogP contribution in [-0.2, 0) is 16.4 Å². The average Bonchev–Trinajstić information content (AvgIpc) is 2.74. The van der Waals surface area contributed by atoms with Gasteiger partial charge in [-0.15, -0.1) is 6.58 Å². The van der Waals surface area contributed by atoms with Crippen molar-refractivity contribution in [3.8, 4) is 0 Å². The summed E-state index contributed by atoms with van der Waals surface area (Å²) in [4.78, 5) is 18.2. The van der Waals surface area contributed by atoms with Crippen molar-refractivity contribution in [2.24, 2.45) is 0 Å². The van der Waals surface area contributed by atoms with Gasteiger partial charge in [0.05, 0.1) is 4.90 Å². The van der Waals surface area contributed by atoms with Crippen molar-refractivity contribution < 1.29 is 13.2 Å². The fourth-order valence-electron chi connectivity index (χ4n) is 3.37. The molecule has 0 saturated carbocycles. The maximum atomic E-state index is 13.0. The lowest BCUT2D eigenvalue weighted by Gasteiger charge is -2.32. The van der Waals surface area contributed by atoms with Gasteiger partial charge in [0, 0.05) is 24.6 Å². The summed E-state index contributed by atoms with van der Waals surface area (Å²) in [6, 6.07) is 9.51. The zero-order chi connectivity index (χ0) is 20.7. The number of amides is 2. The van der Waals surface area contributed by atoms with Crippen LogP contribution in [0.2, 0.25) is 0 Å². The van der Waals surface area contributed by atoms with Gasteiger partial charge < -0.3 is 10.6 Å². The number of nitrogens with zero attached hydrogens (tertiary/aromatic N) is 2. The Balaban J connectivity index is 1.62. The molecule has 29 heavy (non-hydrogen) atoms. The molecular formula is C21H26N4O3S. The quantitative estimate of drug-likeness (QED) is 0.679. The minimum Gasteiger partial charge on any atom is -0.334 e. The standard InChI is InChI=1S/C21H26N4O3S/c1-2-20(25-13-4-3-5-14-25)29(27,28)19-10-8-18(9-11-19)24-21(26)23-16-17-7-6-12-22-15-17/h2,6-12,15,20H,1,3-5,13-14,16H2,(H2,23,24,26). The number of sulfone groups is 1. The molecule has 1 fully saturated rings. The lowest BCUT2D eigenvalue weighted by Crippen LogP contribution is -2.42. The van der Waals surface area contributed by atoms with E-state index in [4.69, 9.17) is 0 Å². The summed E-state index contributed by atoms with van der Waals surface area (Å²) >= 11 is 0. The highest BCUT2D eigenvalue weighted by molar-refractivity contribution is 7.92. The zero-order valence-electron chi connectivity index (χ0n) is 16.3. The number of hydrogen-bond acceptors (Lipinski definition) is 5. The molecule has 1 aromatic carbocycles. The van der Waals surface area contributed by atoms with Crippen LogP contribution in [0.5, 0.6) is 0 Å². The van der Waals surface area contributed by atoms with E-state index in [0.717, 1.165) is 37.9 Å². The third-order valence-electron chi connectivity index (χ3n) is 4.89. The molecule has 1 aromatic heterocycles. The maximum absolute atomic E-state index is 13.0. The summed E-state index contributed by atoms with van der Waals surface area (Å²) in [7, 11) is -3.57. The fourth-order valence-corrected chi connectivity index (χ4v) is 5.02. The van der Waals surface area contributed by atoms with Gasteiger partial charge in [0.25, 0.3) is 0 Å². The van der Waals surface area contributed by atoms with Gasteiger partial charge in [-0.2, -0.15) is 0 Å². The van der Waals surface area contributed by atoms with E-state index in [0.29, 0.717) is 12.2 Å². The lowest BCUT2D eigenvalue weighted by molar-refractivity contribution is 0.229. The Morgan fingerprint density at radius 2 is 1.90 bits per heavy atom. The number of pyridine rings is 1. The number of likely N-dealkylation sites (tertiary alicyclic amines) is 1. The third kappa shape index (κ3) is 5.42. The van der Waals surface area contributed by atoms with Gasteiger partial charge in [-0.1, -0.05) is 18.6 Å². The Morgan fingerprint density at radius 1 is 1.17 bits per heavy atom. The summed E-state index contributed by atoms with van der Waals surface area (Å²) in [5.74, 6) is 0. The molecular weight excluding hydrogens is 388 g/mol. The van der Waals surface area contributed by atoms with Crippen LogP contribution >= 0.6 is 0 Å². The number of benzene rings is 1. The molecule has 1 aliphatic rings. The Kier molecular flexibility index (Phi) is 7.00. The number of rotatable bonds is 7. The molecule has 1 atom stereocenters. The molecule has 2 aromatic rings. The van der Waals surface area contributed by atoms with Gasteiger partial charge in [-0.05, 0) is 61.8 Å². The molecule has 0 radical (unpaired) electrons.